The summed E-state index contributed by atoms with van der Waals surface area (Å²) in [6.07, 6.45) is 0.269. The molecule has 2 amide bonds. The molecule has 0 spiro atoms. The molecule has 0 N–H and O–H groups in total. The number of ether oxygens (including phenoxy) is 1. The van der Waals surface area contributed by atoms with E-state index in [1.165, 1.54) is 12.0 Å². The number of carbonyl (C=O) groups excluding carboxylic acids is 2. The van der Waals surface area contributed by atoms with Crippen LogP contribution in [0.3, 0.4) is 0 Å². The van der Waals surface area contributed by atoms with Gasteiger partial charge in [-0.1, -0.05) is 24.6 Å². The number of carbonyl (C=O) groups is 2. The van der Waals surface area contributed by atoms with Crippen molar-refractivity contribution in [3.8, 4) is 5.75 Å². The smallest absolute Gasteiger partial charge is 0.232 e. The lowest BCUT2D eigenvalue weighted by atomic mass is 10.1. The number of halogens is 1. The van der Waals surface area contributed by atoms with E-state index in [1.54, 1.807) is 25.1 Å². The standard InChI is InChI=1S/C13H14ClNO3/c1-8-6-12(16)15(13(8)17)7-9-10(14)4-3-5-11(9)18-2/h3-5,8H,6-7H2,1-2H3. The molecule has 96 valence electrons. The molecule has 1 aliphatic heterocycles. The number of benzene rings is 1. The van der Waals surface area contributed by atoms with Gasteiger partial charge in [-0.3, -0.25) is 14.5 Å². The van der Waals surface area contributed by atoms with Gasteiger partial charge in [0, 0.05) is 22.9 Å². The highest BCUT2D eigenvalue weighted by molar-refractivity contribution is 6.31. The molecule has 5 heteroatoms. The van der Waals surface area contributed by atoms with Crippen LogP contribution in [0.4, 0.5) is 0 Å². The van der Waals surface area contributed by atoms with Crippen molar-refractivity contribution in [2.24, 2.45) is 5.92 Å². The second-order valence-electron chi connectivity index (χ2n) is 4.34. The first-order chi connectivity index (χ1) is 8.54. The van der Waals surface area contributed by atoms with E-state index in [0.717, 1.165) is 0 Å². The van der Waals surface area contributed by atoms with E-state index in [2.05, 4.69) is 0 Å². The van der Waals surface area contributed by atoms with Crippen molar-refractivity contribution >= 4 is 23.4 Å². The quantitative estimate of drug-likeness (QED) is 0.789. The predicted molar refractivity (Wildman–Crippen MR) is 67.3 cm³/mol. The third-order valence-electron chi connectivity index (χ3n) is 3.08. The molecule has 1 atom stereocenters. The molecule has 1 aromatic carbocycles. The van der Waals surface area contributed by atoms with Crippen molar-refractivity contribution in [2.75, 3.05) is 7.11 Å². The summed E-state index contributed by atoms with van der Waals surface area (Å²) in [6.45, 7) is 1.93. The van der Waals surface area contributed by atoms with Gasteiger partial charge in [0.15, 0.2) is 0 Å². The number of hydrogen-bond acceptors (Lipinski definition) is 3. The van der Waals surface area contributed by atoms with Crippen LogP contribution in [-0.2, 0) is 16.1 Å². The third kappa shape index (κ3) is 2.20. The van der Waals surface area contributed by atoms with E-state index >= 15 is 0 Å². The molecule has 1 fully saturated rings. The van der Waals surface area contributed by atoms with E-state index in [9.17, 15) is 9.59 Å². The van der Waals surface area contributed by atoms with Gasteiger partial charge in [-0.15, -0.1) is 0 Å². The first-order valence-corrected chi connectivity index (χ1v) is 6.08. The van der Waals surface area contributed by atoms with E-state index in [1.807, 2.05) is 0 Å². The van der Waals surface area contributed by atoms with Crippen LogP contribution >= 0.6 is 11.6 Å². The van der Waals surface area contributed by atoms with Crippen molar-refractivity contribution in [3.05, 3.63) is 28.8 Å². The van der Waals surface area contributed by atoms with Gasteiger partial charge in [0.05, 0.1) is 13.7 Å². The average Bonchev–Trinajstić information content (AvgIpc) is 2.58. The maximum Gasteiger partial charge on any atom is 0.232 e. The zero-order valence-electron chi connectivity index (χ0n) is 10.3. The molecule has 0 saturated carbocycles. The maximum absolute atomic E-state index is 11.9. The lowest BCUT2D eigenvalue weighted by Gasteiger charge is -2.17. The van der Waals surface area contributed by atoms with Gasteiger partial charge in [0.1, 0.15) is 5.75 Å². The fourth-order valence-corrected chi connectivity index (χ4v) is 2.28. The Morgan fingerprint density at radius 2 is 2.17 bits per heavy atom. The van der Waals surface area contributed by atoms with Crippen LogP contribution in [0.1, 0.15) is 18.9 Å². The van der Waals surface area contributed by atoms with Gasteiger partial charge in [0.25, 0.3) is 0 Å². The molecule has 0 radical (unpaired) electrons. The summed E-state index contributed by atoms with van der Waals surface area (Å²) >= 11 is 6.09. The second-order valence-corrected chi connectivity index (χ2v) is 4.75. The van der Waals surface area contributed by atoms with E-state index in [4.69, 9.17) is 16.3 Å². The first-order valence-electron chi connectivity index (χ1n) is 5.70. The fraction of sp³-hybridized carbons (Fsp3) is 0.385. The molecule has 18 heavy (non-hydrogen) atoms. The maximum atomic E-state index is 11.9. The highest BCUT2D eigenvalue weighted by Crippen LogP contribution is 2.30. The summed E-state index contributed by atoms with van der Waals surface area (Å²) in [6, 6.07) is 5.24. The van der Waals surface area contributed by atoms with Gasteiger partial charge in [-0.25, -0.2) is 0 Å². The number of hydrogen-bond donors (Lipinski definition) is 0. The predicted octanol–water partition coefficient (Wildman–Crippen LogP) is 2.24. The minimum absolute atomic E-state index is 0.151. The monoisotopic (exact) mass is 267 g/mol. The largest absolute Gasteiger partial charge is 0.496 e. The minimum Gasteiger partial charge on any atom is -0.496 e. The summed E-state index contributed by atoms with van der Waals surface area (Å²) < 4.78 is 5.20. The number of nitrogens with zero attached hydrogens (tertiary/aromatic N) is 1. The molecule has 4 nitrogen and oxygen atoms in total. The van der Waals surface area contributed by atoms with Crippen molar-refractivity contribution in [3.63, 3.8) is 0 Å². The summed E-state index contributed by atoms with van der Waals surface area (Å²) in [7, 11) is 1.53. The van der Waals surface area contributed by atoms with E-state index < -0.39 is 0 Å². The first kappa shape index (κ1) is 12.9. The Bertz CT molecular complexity index is 501. The molecule has 1 heterocycles. The Hall–Kier alpha value is -1.55. The fourth-order valence-electron chi connectivity index (χ4n) is 2.06. The van der Waals surface area contributed by atoms with Crippen LogP contribution in [0.15, 0.2) is 18.2 Å². The number of amides is 2. The lowest BCUT2D eigenvalue weighted by Crippen LogP contribution is -2.30. The molecule has 0 bridgehead atoms. The van der Waals surface area contributed by atoms with Crippen molar-refractivity contribution < 1.29 is 14.3 Å². The topological polar surface area (TPSA) is 46.6 Å². The Balaban J connectivity index is 2.29. The highest BCUT2D eigenvalue weighted by atomic mass is 35.5. The van der Waals surface area contributed by atoms with Gasteiger partial charge < -0.3 is 4.74 Å². The van der Waals surface area contributed by atoms with Crippen molar-refractivity contribution in [1.29, 1.82) is 0 Å². The lowest BCUT2D eigenvalue weighted by molar-refractivity contribution is -0.139. The molecule has 1 saturated heterocycles. The molecule has 2 rings (SSSR count). The Morgan fingerprint density at radius 1 is 1.44 bits per heavy atom. The van der Waals surface area contributed by atoms with Crippen LogP contribution in [0.25, 0.3) is 0 Å². The van der Waals surface area contributed by atoms with Gasteiger partial charge >= 0.3 is 0 Å². The molecule has 1 aliphatic rings. The van der Waals surface area contributed by atoms with Crippen LogP contribution in [-0.4, -0.2) is 23.8 Å². The van der Waals surface area contributed by atoms with Crippen LogP contribution in [0.2, 0.25) is 5.02 Å². The van der Waals surface area contributed by atoms with E-state index in [0.29, 0.717) is 16.3 Å². The molecular formula is C13H14ClNO3. The number of rotatable bonds is 3. The summed E-state index contributed by atoms with van der Waals surface area (Å²) in [5.41, 5.74) is 0.664. The van der Waals surface area contributed by atoms with Crippen LogP contribution in [0.5, 0.6) is 5.75 Å². The van der Waals surface area contributed by atoms with Gasteiger partial charge in [-0.2, -0.15) is 0 Å². The SMILES string of the molecule is COc1cccc(Cl)c1CN1C(=O)CC(C)C1=O. The van der Waals surface area contributed by atoms with Crippen molar-refractivity contribution in [2.45, 2.75) is 19.9 Å². The molecule has 0 aliphatic carbocycles. The Labute approximate surface area is 110 Å². The van der Waals surface area contributed by atoms with Crippen molar-refractivity contribution in [1.82, 2.24) is 4.90 Å². The molecule has 1 aromatic rings. The van der Waals surface area contributed by atoms with E-state index in [-0.39, 0.29) is 30.7 Å². The summed E-state index contributed by atoms with van der Waals surface area (Å²) in [5.74, 6) is 0.0325. The molecular weight excluding hydrogens is 254 g/mol. The average molecular weight is 268 g/mol. The number of imide groups is 1. The van der Waals surface area contributed by atoms with Crippen LogP contribution in [0, 0.1) is 5.92 Å². The van der Waals surface area contributed by atoms with Gasteiger partial charge in [-0.05, 0) is 12.1 Å². The summed E-state index contributed by atoms with van der Waals surface area (Å²) in [4.78, 5) is 24.8. The third-order valence-corrected chi connectivity index (χ3v) is 3.44. The Kier molecular flexibility index (Phi) is 3.57. The molecule has 1 unspecified atom stereocenters. The molecule has 0 aromatic heterocycles. The highest BCUT2D eigenvalue weighted by Gasteiger charge is 2.36. The second kappa shape index (κ2) is 4.98. The Morgan fingerprint density at radius 3 is 2.72 bits per heavy atom. The van der Waals surface area contributed by atoms with Crippen LogP contribution < -0.4 is 4.74 Å². The zero-order valence-corrected chi connectivity index (χ0v) is 11.0. The normalized spacial score (nSPS) is 19.5. The zero-order chi connectivity index (χ0) is 13.3. The summed E-state index contributed by atoms with van der Waals surface area (Å²) in [5, 5.41) is 0.495. The number of likely N-dealkylation sites (tertiary alicyclic amines) is 1. The minimum atomic E-state index is -0.244. The number of methoxy groups -OCH3 is 1. The van der Waals surface area contributed by atoms with Gasteiger partial charge in [0.2, 0.25) is 11.8 Å².